The third kappa shape index (κ3) is 2.46. The molecule has 3 unspecified atom stereocenters. The molecule has 0 aromatic heterocycles. The van der Waals surface area contributed by atoms with E-state index in [1.54, 1.807) is 0 Å². The van der Waals surface area contributed by atoms with E-state index in [1.165, 1.54) is 38.5 Å². The Kier molecular flexibility index (Phi) is 4.49. The summed E-state index contributed by atoms with van der Waals surface area (Å²) in [7, 11) is 0. The minimum atomic E-state index is 0.536. The van der Waals surface area contributed by atoms with Crippen LogP contribution in [-0.4, -0.2) is 0 Å². The summed E-state index contributed by atoms with van der Waals surface area (Å²) in [5.41, 5.74) is 1.09. The van der Waals surface area contributed by atoms with Crippen molar-refractivity contribution in [2.45, 2.75) is 80.1 Å². The van der Waals surface area contributed by atoms with Gasteiger partial charge >= 0.3 is 0 Å². The van der Waals surface area contributed by atoms with E-state index in [1.807, 2.05) is 0 Å². The molecule has 0 bridgehead atoms. The highest BCUT2D eigenvalue weighted by Gasteiger charge is 2.44. The molecule has 0 radical (unpaired) electrons. The molecule has 0 aromatic rings. The van der Waals surface area contributed by atoms with Crippen molar-refractivity contribution in [2.75, 3.05) is 0 Å². The molecule has 1 aliphatic rings. The summed E-state index contributed by atoms with van der Waals surface area (Å²) in [6.45, 7) is 14.9. The Morgan fingerprint density at radius 1 is 1.06 bits per heavy atom. The zero-order valence-electron chi connectivity index (χ0n) is 12.4. The van der Waals surface area contributed by atoms with E-state index in [9.17, 15) is 0 Å². The highest BCUT2D eigenvalue weighted by atomic mass is 14.5. The second-order valence-corrected chi connectivity index (χ2v) is 6.96. The van der Waals surface area contributed by atoms with Crippen LogP contribution < -0.4 is 0 Å². The molecule has 1 saturated carbocycles. The molecule has 0 saturated heterocycles. The quantitative estimate of drug-likeness (QED) is 0.567. The largest absolute Gasteiger partial charge is 0.0651 e. The lowest BCUT2D eigenvalue weighted by atomic mass is 9.54. The fourth-order valence-corrected chi connectivity index (χ4v) is 4.38. The van der Waals surface area contributed by atoms with Crippen LogP contribution in [0.3, 0.4) is 0 Å². The highest BCUT2D eigenvalue weighted by molar-refractivity contribution is 4.94. The average Bonchev–Trinajstić information content (AvgIpc) is 2.22. The number of hydrogen-bond acceptors (Lipinski definition) is 0. The molecule has 0 nitrogen and oxygen atoms in total. The maximum atomic E-state index is 2.55. The van der Waals surface area contributed by atoms with E-state index in [4.69, 9.17) is 0 Å². The van der Waals surface area contributed by atoms with E-state index in [0.717, 1.165) is 11.8 Å². The monoisotopic (exact) mass is 224 g/mol. The lowest BCUT2D eigenvalue weighted by Crippen LogP contribution is -2.42. The van der Waals surface area contributed by atoms with Crippen LogP contribution >= 0.6 is 0 Å². The predicted molar refractivity (Wildman–Crippen MR) is 73.6 cm³/mol. The molecule has 0 heterocycles. The van der Waals surface area contributed by atoms with E-state index in [2.05, 4.69) is 41.5 Å². The molecule has 3 atom stereocenters. The number of rotatable bonds is 2. The van der Waals surface area contributed by atoms with Gasteiger partial charge in [-0.15, -0.1) is 0 Å². The van der Waals surface area contributed by atoms with E-state index in [0.29, 0.717) is 10.8 Å². The molecule has 1 fully saturated rings. The average molecular weight is 224 g/mol. The smallest absolute Gasteiger partial charge is 0.0269 e. The first kappa shape index (κ1) is 14.1. The van der Waals surface area contributed by atoms with Crippen LogP contribution in [-0.2, 0) is 0 Å². The van der Waals surface area contributed by atoms with Crippen LogP contribution in [0.5, 0.6) is 0 Å². The van der Waals surface area contributed by atoms with Gasteiger partial charge in [-0.05, 0) is 29.1 Å². The summed E-state index contributed by atoms with van der Waals surface area (Å²) >= 11 is 0. The second-order valence-electron chi connectivity index (χ2n) is 6.96. The van der Waals surface area contributed by atoms with Crippen molar-refractivity contribution in [3.63, 3.8) is 0 Å². The Hall–Kier alpha value is 0. The predicted octanol–water partition coefficient (Wildman–Crippen LogP) is 5.67. The van der Waals surface area contributed by atoms with Crippen LogP contribution in [0.2, 0.25) is 0 Å². The van der Waals surface area contributed by atoms with Gasteiger partial charge in [-0.3, -0.25) is 0 Å². The summed E-state index contributed by atoms with van der Waals surface area (Å²) < 4.78 is 0. The lowest BCUT2D eigenvalue weighted by molar-refractivity contribution is -0.0148. The van der Waals surface area contributed by atoms with Gasteiger partial charge in [0, 0.05) is 0 Å². The summed E-state index contributed by atoms with van der Waals surface area (Å²) in [5.74, 6) is 1.78. The molecule has 16 heavy (non-hydrogen) atoms. The van der Waals surface area contributed by atoms with Crippen LogP contribution in [0.1, 0.15) is 80.1 Å². The van der Waals surface area contributed by atoms with Crippen molar-refractivity contribution >= 4 is 0 Å². The minimum Gasteiger partial charge on any atom is -0.0651 e. The fourth-order valence-electron chi connectivity index (χ4n) is 4.38. The molecule has 0 heteroatoms. The van der Waals surface area contributed by atoms with Gasteiger partial charge in [-0.1, -0.05) is 73.6 Å². The Morgan fingerprint density at radius 3 is 2.19 bits per heavy atom. The maximum Gasteiger partial charge on any atom is -0.0269 e. The standard InChI is InChI=1S/C16H32/c1-7-14-15(4,5)12-10-9-11-13(3)16(14,6)8-2/h13-14H,7-12H2,1-6H3. The Bertz CT molecular complexity index is 216. The molecule has 0 amide bonds. The van der Waals surface area contributed by atoms with Crippen molar-refractivity contribution in [2.24, 2.45) is 22.7 Å². The molecule has 1 aliphatic carbocycles. The van der Waals surface area contributed by atoms with Gasteiger partial charge < -0.3 is 0 Å². The van der Waals surface area contributed by atoms with E-state index < -0.39 is 0 Å². The molecule has 0 N–H and O–H groups in total. The van der Waals surface area contributed by atoms with Crippen molar-refractivity contribution in [1.29, 1.82) is 0 Å². The Labute approximate surface area is 103 Å². The Balaban J connectivity index is 3.04. The van der Waals surface area contributed by atoms with Crippen molar-refractivity contribution in [3.05, 3.63) is 0 Å². The first-order chi connectivity index (χ1) is 7.38. The molecular formula is C16H32. The van der Waals surface area contributed by atoms with Gasteiger partial charge in [0.2, 0.25) is 0 Å². The van der Waals surface area contributed by atoms with Crippen molar-refractivity contribution < 1.29 is 0 Å². The van der Waals surface area contributed by atoms with Crippen LogP contribution in [0.15, 0.2) is 0 Å². The van der Waals surface area contributed by atoms with E-state index >= 15 is 0 Å². The van der Waals surface area contributed by atoms with Gasteiger partial charge in [0.1, 0.15) is 0 Å². The second kappa shape index (κ2) is 5.10. The molecule has 1 rings (SSSR count). The normalized spacial score (nSPS) is 40.1. The van der Waals surface area contributed by atoms with E-state index in [-0.39, 0.29) is 0 Å². The van der Waals surface area contributed by atoms with Gasteiger partial charge in [-0.25, -0.2) is 0 Å². The van der Waals surface area contributed by atoms with Gasteiger partial charge in [-0.2, -0.15) is 0 Å². The fraction of sp³-hybridized carbons (Fsp3) is 1.00. The maximum absolute atomic E-state index is 2.55. The Morgan fingerprint density at radius 2 is 1.69 bits per heavy atom. The molecule has 96 valence electrons. The zero-order chi connectivity index (χ0) is 12.4. The first-order valence-electron chi connectivity index (χ1n) is 7.38. The van der Waals surface area contributed by atoms with Gasteiger partial charge in [0.05, 0.1) is 0 Å². The highest BCUT2D eigenvalue weighted by Crippen LogP contribution is 2.53. The zero-order valence-corrected chi connectivity index (χ0v) is 12.4. The third-order valence-corrected chi connectivity index (χ3v) is 5.74. The summed E-state index contributed by atoms with van der Waals surface area (Å²) in [4.78, 5) is 0. The van der Waals surface area contributed by atoms with Crippen molar-refractivity contribution in [3.8, 4) is 0 Å². The minimum absolute atomic E-state index is 0.536. The lowest BCUT2D eigenvalue weighted by Gasteiger charge is -2.51. The first-order valence-corrected chi connectivity index (χ1v) is 7.38. The number of hydrogen-bond donors (Lipinski definition) is 0. The molecule has 0 spiro atoms. The third-order valence-electron chi connectivity index (χ3n) is 5.74. The van der Waals surface area contributed by atoms with Crippen LogP contribution in [0.4, 0.5) is 0 Å². The van der Waals surface area contributed by atoms with Crippen LogP contribution in [0, 0.1) is 22.7 Å². The molecule has 0 aliphatic heterocycles. The van der Waals surface area contributed by atoms with Crippen molar-refractivity contribution in [1.82, 2.24) is 0 Å². The SMILES string of the molecule is CCC1C(C)(C)CCCCC(C)C1(C)CC. The molecular weight excluding hydrogens is 192 g/mol. The topological polar surface area (TPSA) is 0 Å². The summed E-state index contributed by atoms with van der Waals surface area (Å²) in [6, 6.07) is 0. The van der Waals surface area contributed by atoms with Gasteiger partial charge in [0.15, 0.2) is 0 Å². The van der Waals surface area contributed by atoms with Crippen LogP contribution in [0.25, 0.3) is 0 Å². The summed E-state index contributed by atoms with van der Waals surface area (Å²) in [6.07, 6.45) is 8.44. The molecule has 0 aromatic carbocycles. The summed E-state index contributed by atoms with van der Waals surface area (Å²) in [5, 5.41) is 0. The van der Waals surface area contributed by atoms with Gasteiger partial charge in [0.25, 0.3) is 0 Å².